The van der Waals surface area contributed by atoms with Gasteiger partial charge in [-0.2, -0.15) is 5.26 Å². The van der Waals surface area contributed by atoms with E-state index in [4.69, 9.17) is 15.0 Å². The quantitative estimate of drug-likeness (QED) is 0.195. The van der Waals surface area contributed by atoms with Crippen molar-refractivity contribution in [1.82, 2.24) is 15.0 Å². The van der Waals surface area contributed by atoms with Crippen LogP contribution in [-0.2, 0) is 5.41 Å². The van der Waals surface area contributed by atoms with E-state index >= 15 is 0 Å². The van der Waals surface area contributed by atoms with Crippen molar-refractivity contribution in [2.45, 2.75) is 43.9 Å². The van der Waals surface area contributed by atoms with Crippen molar-refractivity contribution in [3.63, 3.8) is 0 Å². The van der Waals surface area contributed by atoms with Crippen LogP contribution in [0.3, 0.4) is 0 Å². The summed E-state index contributed by atoms with van der Waals surface area (Å²) in [4.78, 5) is 15.3. The van der Waals surface area contributed by atoms with Crippen molar-refractivity contribution >= 4 is 42.3 Å². The van der Waals surface area contributed by atoms with Gasteiger partial charge in [0.25, 0.3) is 0 Å². The van der Waals surface area contributed by atoms with Crippen LogP contribution in [0.2, 0.25) is 0 Å². The molecule has 226 valence electrons. The lowest BCUT2D eigenvalue weighted by molar-refractivity contribution is -0.00518. The molecule has 0 aliphatic heterocycles. The molecule has 0 atom stereocenters. The van der Waals surface area contributed by atoms with Gasteiger partial charge < -0.3 is 0 Å². The molecule has 5 aromatic carbocycles. The Morgan fingerprint density at radius 2 is 1.13 bits per heavy atom. The molecule has 4 nitrogen and oxygen atoms in total. The molecular formula is C42H32N4S. The van der Waals surface area contributed by atoms with E-state index in [1.165, 1.54) is 58.9 Å². The third-order valence-corrected chi connectivity index (χ3v) is 12.4. The second-order valence-electron chi connectivity index (χ2n) is 14.3. The molecule has 0 radical (unpaired) electrons. The first kappa shape index (κ1) is 27.2. The summed E-state index contributed by atoms with van der Waals surface area (Å²) in [7, 11) is 0. The van der Waals surface area contributed by atoms with Crippen LogP contribution >= 0.6 is 11.3 Å². The van der Waals surface area contributed by atoms with E-state index < -0.39 is 0 Å². The Morgan fingerprint density at radius 1 is 0.574 bits per heavy atom. The van der Waals surface area contributed by atoms with E-state index in [0.29, 0.717) is 28.5 Å². The van der Waals surface area contributed by atoms with Gasteiger partial charge in [0.1, 0.15) is 0 Å². The van der Waals surface area contributed by atoms with Crippen molar-refractivity contribution in [1.29, 1.82) is 5.26 Å². The normalized spacial score (nSPS) is 23.1. The minimum absolute atomic E-state index is 0.359. The summed E-state index contributed by atoms with van der Waals surface area (Å²) in [6.07, 6.45) is 8.43. The summed E-state index contributed by atoms with van der Waals surface area (Å²) >= 11 is 1.74. The molecule has 4 saturated carbocycles. The summed E-state index contributed by atoms with van der Waals surface area (Å²) in [6, 6.07) is 38.7. The van der Waals surface area contributed by atoms with Gasteiger partial charge in [0.15, 0.2) is 17.5 Å². The third-order valence-electron chi connectivity index (χ3n) is 11.3. The van der Waals surface area contributed by atoms with Crippen molar-refractivity contribution in [2.24, 2.45) is 17.8 Å². The molecule has 4 bridgehead atoms. The Balaban J connectivity index is 1.10. The number of nitrogens with zero attached hydrogens (tertiary/aromatic N) is 4. The van der Waals surface area contributed by atoms with E-state index in [9.17, 15) is 5.26 Å². The van der Waals surface area contributed by atoms with E-state index in [0.717, 1.165) is 50.6 Å². The highest BCUT2D eigenvalue weighted by atomic mass is 32.1. The van der Waals surface area contributed by atoms with Gasteiger partial charge in [-0.05, 0) is 120 Å². The second-order valence-corrected chi connectivity index (χ2v) is 15.4. The number of nitriles is 1. The average molecular weight is 625 g/mol. The number of hydrogen-bond acceptors (Lipinski definition) is 5. The molecular weight excluding hydrogens is 593 g/mol. The van der Waals surface area contributed by atoms with Gasteiger partial charge in [0.05, 0.1) is 11.6 Å². The molecule has 0 unspecified atom stereocenters. The van der Waals surface area contributed by atoms with Crippen molar-refractivity contribution < 1.29 is 0 Å². The maximum Gasteiger partial charge on any atom is 0.164 e. The van der Waals surface area contributed by atoms with Crippen molar-refractivity contribution in [3.8, 4) is 40.2 Å². The molecule has 0 spiro atoms. The lowest BCUT2D eigenvalue weighted by atomic mass is 9.48. The number of rotatable bonds is 4. The lowest BCUT2D eigenvalue weighted by Gasteiger charge is -2.57. The minimum atomic E-state index is 0.359. The minimum Gasteiger partial charge on any atom is -0.208 e. The highest BCUT2D eigenvalue weighted by Gasteiger charge is 2.51. The molecule has 7 aromatic rings. The summed E-state index contributed by atoms with van der Waals surface area (Å²) < 4.78 is 2.35. The van der Waals surface area contributed by atoms with Crippen LogP contribution in [-0.4, -0.2) is 15.0 Å². The summed E-state index contributed by atoms with van der Waals surface area (Å²) in [5.74, 6) is 4.77. The van der Waals surface area contributed by atoms with Crippen LogP contribution in [0.1, 0.15) is 49.7 Å². The number of aromatic nitrogens is 3. The molecule has 11 rings (SSSR count). The molecule has 0 saturated heterocycles. The zero-order valence-corrected chi connectivity index (χ0v) is 26.8. The second kappa shape index (κ2) is 10.3. The Kier molecular flexibility index (Phi) is 5.96. The van der Waals surface area contributed by atoms with Crippen LogP contribution in [0.25, 0.3) is 65.1 Å². The smallest absolute Gasteiger partial charge is 0.164 e. The predicted molar refractivity (Wildman–Crippen MR) is 191 cm³/mol. The van der Waals surface area contributed by atoms with Crippen LogP contribution < -0.4 is 0 Å². The SMILES string of the molecule is N#Cc1ccc2sc3ccc(-c4nc(-c5ccc(C67C[C@H]8C[C@@H](C6)C[C@@H](C7)C8)cc5)nc(-c5ccc6ccccc6c5)n4)cc3c2c1. The number of benzene rings is 5. The fourth-order valence-electron chi connectivity index (χ4n) is 9.51. The number of hydrogen-bond donors (Lipinski definition) is 0. The molecule has 4 fully saturated rings. The van der Waals surface area contributed by atoms with Crippen molar-refractivity contribution in [2.75, 3.05) is 0 Å². The monoisotopic (exact) mass is 624 g/mol. The molecule has 0 amide bonds. The Hall–Kier alpha value is -4.92. The lowest BCUT2D eigenvalue weighted by Crippen LogP contribution is -2.48. The van der Waals surface area contributed by atoms with Gasteiger partial charge in [-0.3, -0.25) is 0 Å². The van der Waals surface area contributed by atoms with Gasteiger partial charge in [-0.1, -0.05) is 60.7 Å². The van der Waals surface area contributed by atoms with Crippen LogP contribution in [0.4, 0.5) is 0 Å². The predicted octanol–water partition coefficient (Wildman–Crippen LogP) is 10.7. The molecule has 5 heteroatoms. The average Bonchev–Trinajstić information content (AvgIpc) is 3.48. The first-order chi connectivity index (χ1) is 23.1. The van der Waals surface area contributed by atoms with E-state index in [1.807, 2.05) is 18.2 Å². The molecule has 2 heterocycles. The van der Waals surface area contributed by atoms with Crippen LogP contribution in [0.15, 0.2) is 103 Å². The molecule has 2 aromatic heterocycles. The summed E-state index contributed by atoms with van der Waals surface area (Å²) in [5.41, 5.74) is 5.47. The van der Waals surface area contributed by atoms with Crippen LogP contribution in [0, 0.1) is 29.1 Å². The Morgan fingerprint density at radius 3 is 1.81 bits per heavy atom. The zero-order chi connectivity index (χ0) is 31.1. The fourth-order valence-corrected chi connectivity index (χ4v) is 10.6. The maximum absolute atomic E-state index is 9.56. The Labute approximate surface area is 277 Å². The highest BCUT2D eigenvalue weighted by molar-refractivity contribution is 7.25. The van der Waals surface area contributed by atoms with Crippen molar-refractivity contribution in [3.05, 3.63) is 114 Å². The first-order valence-corrected chi connectivity index (χ1v) is 17.6. The van der Waals surface area contributed by atoms with Gasteiger partial charge >= 0.3 is 0 Å². The highest BCUT2D eigenvalue weighted by Crippen LogP contribution is 2.60. The number of fused-ring (bicyclic) bond motifs is 4. The molecule has 0 N–H and O–H groups in total. The fraction of sp³-hybridized carbons (Fsp3) is 0.238. The van der Waals surface area contributed by atoms with Gasteiger partial charge in [-0.15, -0.1) is 11.3 Å². The van der Waals surface area contributed by atoms with E-state index in [-0.39, 0.29) is 0 Å². The van der Waals surface area contributed by atoms with Gasteiger partial charge in [0, 0.05) is 36.9 Å². The molecule has 47 heavy (non-hydrogen) atoms. The first-order valence-electron chi connectivity index (χ1n) is 16.8. The summed E-state index contributed by atoms with van der Waals surface area (Å²) in [5, 5.41) is 14.1. The number of thiophene rings is 1. The zero-order valence-electron chi connectivity index (χ0n) is 26.0. The molecule has 4 aliphatic carbocycles. The standard InChI is InChI=1S/C42H32N4S/c43-24-25-5-13-37-35(18-25)36-20-33(10-14-38(36)47-37)41-45-39(44-40(46-41)32-7-6-29-3-1-2-4-31(29)19-32)30-8-11-34(12-9-30)42-21-26-15-27(22-42)17-28(16-26)23-42/h1-14,18-20,26-28H,15-17,21-23H2/t26-,27+,28-,42?. The van der Waals surface area contributed by atoms with Gasteiger partial charge in [-0.25, -0.2) is 15.0 Å². The van der Waals surface area contributed by atoms with E-state index in [2.05, 4.69) is 91.0 Å². The Bertz CT molecular complexity index is 2380. The van der Waals surface area contributed by atoms with E-state index in [1.54, 1.807) is 11.3 Å². The molecule has 4 aliphatic rings. The van der Waals surface area contributed by atoms with Gasteiger partial charge in [0.2, 0.25) is 0 Å². The van der Waals surface area contributed by atoms with Crippen LogP contribution in [0.5, 0.6) is 0 Å². The largest absolute Gasteiger partial charge is 0.208 e. The summed E-state index contributed by atoms with van der Waals surface area (Å²) in [6.45, 7) is 0. The topological polar surface area (TPSA) is 62.5 Å². The maximum atomic E-state index is 9.56. The third kappa shape index (κ3) is 4.50.